The lowest BCUT2D eigenvalue weighted by Crippen LogP contribution is -2.60. The van der Waals surface area contributed by atoms with Crippen LogP contribution in [0.15, 0.2) is 24.3 Å². The van der Waals surface area contributed by atoms with E-state index in [4.69, 9.17) is 4.74 Å². The second kappa shape index (κ2) is 4.73. The highest BCUT2D eigenvalue weighted by Crippen LogP contribution is 2.19. The molecule has 0 atom stereocenters. The van der Waals surface area contributed by atoms with Gasteiger partial charge >= 0.3 is 0 Å². The molecule has 0 aliphatic carbocycles. The van der Waals surface area contributed by atoms with E-state index in [9.17, 15) is 9.90 Å². The second-order valence-corrected chi connectivity index (χ2v) is 4.28. The SMILES string of the molecule is COc1cccc(NC(=O)CC2(O)CNC2)c1. The fraction of sp³-hybridized carbons (Fsp3) is 0.417. The third-order valence-electron chi connectivity index (χ3n) is 2.75. The minimum absolute atomic E-state index is 0.108. The number of nitrogens with one attached hydrogen (secondary N) is 2. The molecule has 0 spiro atoms. The molecule has 5 nitrogen and oxygen atoms in total. The summed E-state index contributed by atoms with van der Waals surface area (Å²) in [6.07, 6.45) is 0.108. The summed E-state index contributed by atoms with van der Waals surface area (Å²) in [5.74, 6) is 0.495. The number of rotatable bonds is 4. The first kappa shape index (κ1) is 11.9. The summed E-state index contributed by atoms with van der Waals surface area (Å²) in [7, 11) is 1.57. The zero-order valence-corrected chi connectivity index (χ0v) is 9.69. The van der Waals surface area contributed by atoms with Crippen molar-refractivity contribution in [3.8, 4) is 5.75 Å². The fourth-order valence-electron chi connectivity index (χ4n) is 1.74. The van der Waals surface area contributed by atoms with E-state index in [0.717, 1.165) is 0 Å². The molecule has 1 aliphatic heterocycles. The minimum Gasteiger partial charge on any atom is -0.497 e. The average Bonchev–Trinajstić information content (AvgIpc) is 2.27. The van der Waals surface area contributed by atoms with E-state index in [2.05, 4.69) is 10.6 Å². The molecule has 0 unspecified atom stereocenters. The number of methoxy groups -OCH3 is 1. The van der Waals surface area contributed by atoms with Gasteiger partial charge in [0.25, 0.3) is 0 Å². The van der Waals surface area contributed by atoms with Crippen LogP contribution in [-0.4, -0.2) is 36.8 Å². The number of anilines is 1. The van der Waals surface area contributed by atoms with Crippen molar-refractivity contribution in [1.29, 1.82) is 0 Å². The number of β-amino-alcohol motifs (C(OH)–C–C–N with tert-alkyl or cyclic N) is 1. The van der Waals surface area contributed by atoms with E-state index in [-0.39, 0.29) is 12.3 Å². The van der Waals surface area contributed by atoms with Gasteiger partial charge in [-0.3, -0.25) is 4.79 Å². The van der Waals surface area contributed by atoms with Gasteiger partial charge in [-0.15, -0.1) is 0 Å². The van der Waals surface area contributed by atoms with E-state index in [1.165, 1.54) is 0 Å². The molecule has 92 valence electrons. The fourth-order valence-corrected chi connectivity index (χ4v) is 1.74. The van der Waals surface area contributed by atoms with Gasteiger partial charge in [0.2, 0.25) is 5.91 Å². The molecule has 0 radical (unpaired) electrons. The zero-order valence-electron chi connectivity index (χ0n) is 9.69. The topological polar surface area (TPSA) is 70.6 Å². The smallest absolute Gasteiger partial charge is 0.227 e. The Hall–Kier alpha value is -1.59. The van der Waals surface area contributed by atoms with E-state index in [1.807, 2.05) is 0 Å². The highest BCUT2D eigenvalue weighted by Gasteiger charge is 2.36. The molecule has 1 fully saturated rings. The van der Waals surface area contributed by atoms with Gasteiger partial charge in [0.05, 0.1) is 19.1 Å². The van der Waals surface area contributed by atoms with Crippen LogP contribution in [0.25, 0.3) is 0 Å². The van der Waals surface area contributed by atoms with Crippen molar-refractivity contribution in [1.82, 2.24) is 5.32 Å². The largest absolute Gasteiger partial charge is 0.497 e. The van der Waals surface area contributed by atoms with Crippen LogP contribution < -0.4 is 15.4 Å². The van der Waals surface area contributed by atoms with Gasteiger partial charge in [-0.2, -0.15) is 0 Å². The lowest BCUT2D eigenvalue weighted by atomic mass is 9.93. The Morgan fingerprint density at radius 2 is 2.35 bits per heavy atom. The van der Waals surface area contributed by atoms with Crippen LogP contribution >= 0.6 is 0 Å². The lowest BCUT2D eigenvalue weighted by molar-refractivity contribution is -0.123. The molecule has 1 aliphatic rings. The molecule has 5 heteroatoms. The third kappa shape index (κ3) is 2.95. The summed E-state index contributed by atoms with van der Waals surface area (Å²) in [6, 6.07) is 7.12. The monoisotopic (exact) mass is 236 g/mol. The quantitative estimate of drug-likeness (QED) is 0.706. The van der Waals surface area contributed by atoms with Crippen molar-refractivity contribution < 1.29 is 14.6 Å². The number of aliphatic hydroxyl groups is 1. The molecule has 1 heterocycles. The normalized spacial score (nSPS) is 17.1. The Bertz CT molecular complexity index is 416. The van der Waals surface area contributed by atoms with Crippen molar-refractivity contribution in [2.75, 3.05) is 25.5 Å². The summed E-state index contributed by atoms with van der Waals surface area (Å²) >= 11 is 0. The number of hydrogen-bond donors (Lipinski definition) is 3. The van der Waals surface area contributed by atoms with Crippen LogP contribution in [0.2, 0.25) is 0 Å². The van der Waals surface area contributed by atoms with Crippen molar-refractivity contribution in [3.05, 3.63) is 24.3 Å². The molecule has 0 aromatic heterocycles. The van der Waals surface area contributed by atoms with Crippen LogP contribution in [0.1, 0.15) is 6.42 Å². The number of amides is 1. The van der Waals surface area contributed by atoms with Gasteiger partial charge in [0.1, 0.15) is 5.75 Å². The molecule has 2 rings (SSSR count). The molecule has 0 bridgehead atoms. The number of hydrogen-bond acceptors (Lipinski definition) is 4. The first-order chi connectivity index (χ1) is 8.11. The maximum atomic E-state index is 11.7. The predicted molar refractivity (Wildman–Crippen MR) is 64.1 cm³/mol. The predicted octanol–water partition coefficient (Wildman–Crippen LogP) is 0.358. The van der Waals surface area contributed by atoms with Gasteiger partial charge in [-0.05, 0) is 12.1 Å². The first-order valence-corrected chi connectivity index (χ1v) is 5.48. The zero-order chi connectivity index (χ0) is 12.3. The van der Waals surface area contributed by atoms with Gasteiger partial charge < -0.3 is 20.5 Å². The summed E-state index contributed by atoms with van der Waals surface area (Å²) in [6.45, 7) is 0.942. The van der Waals surface area contributed by atoms with E-state index >= 15 is 0 Å². The van der Waals surface area contributed by atoms with Crippen LogP contribution in [0, 0.1) is 0 Å². The van der Waals surface area contributed by atoms with Gasteiger partial charge in [0, 0.05) is 24.8 Å². The van der Waals surface area contributed by atoms with Gasteiger partial charge in [-0.1, -0.05) is 6.07 Å². The molecule has 0 saturated carbocycles. The molecule has 3 N–H and O–H groups in total. The van der Waals surface area contributed by atoms with Crippen molar-refractivity contribution >= 4 is 11.6 Å². The maximum absolute atomic E-state index is 11.7. The molecular weight excluding hydrogens is 220 g/mol. The van der Waals surface area contributed by atoms with Crippen molar-refractivity contribution in [2.24, 2.45) is 0 Å². The molecule has 1 aromatic carbocycles. The molecular formula is C12H16N2O3. The molecule has 1 aromatic rings. The highest BCUT2D eigenvalue weighted by molar-refractivity contribution is 5.91. The summed E-state index contributed by atoms with van der Waals surface area (Å²) in [4.78, 5) is 11.7. The number of benzene rings is 1. The van der Waals surface area contributed by atoms with Crippen LogP contribution in [0.4, 0.5) is 5.69 Å². The number of ether oxygens (including phenoxy) is 1. The highest BCUT2D eigenvalue weighted by atomic mass is 16.5. The lowest BCUT2D eigenvalue weighted by Gasteiger charge is -2.36. The van der Waals surface area contributed by atoms with Crippen molar-refractivity contribution in [3.63, 3.8) is 0 Å². The Labute approximate surface area is 99.8 Å². The van der Waals surface area contributed by atoms with Crippen LogP contribution in [0.3, 0.4) is 0 Å². The molecule has 17 heavy (non-hydrogen) atoms. The molecule has 1 saturated heterocycles. The summed E-state index contributed by atoms with van der Waals surface area (Å²) in [5, 5.41) is 15.5. The average molecular weight is 236 g/mol. The maximum Gasteiger partial charge on any atom is 0.227 e. The van der Waals surface area contributed by atoms with Gasteiger partial charge in [0.15, 0.2) is 0 Å². The molecule has 1 amide bonds. The van der Waals surface area contributed by atoms with Gasteiger partial charge in [-0.25, -0.2) is 0 Å². The summed E-state index contributed by atoms with van der Waals surface area (Å²) in [5.41, 5.74) is -0.214. The Balaban J connectivity index is 1.93. The van der Waals surface area contributed by atoms with Crippen LogP contribution in [0.5, 0.6) is 5.75 Å². The summed E-state index contributed by atoms with van der Waals surface area (Å²) < 4.78 is 5.06. The Morgan fingerprint density at radius 1 is 1.59 bits per heavy atom. The van der Waals surface area contributed by atoms with Crippen LogP contribution in [-0.2, 0) is 4.79 Å². The van der Waals surface area contributed by atoms with E-state index in [0.29, 0.717) is 24.5 Å². The van der Waals surface area contributed by atoms with E-state index in [1.54, 1.807) is 31.4 Å². The van der Waals surface area contributed by atoms with Crippen molar-refractivity contribution in [2.45, 2.75) is 12.0 Å². The third-order valence-corrected chi connectivity index (χ3v) is 2.75. The standard InChI is InChI=1S/C12H16N2O3/c1-17-10-4-2-3-9(5-10)14-11(15)6-12(16)7-13-8-12/h2-5,13,16H,6-8H2,1H3,(H,14,15). The Morgan fingerprint density at radius 3 is 2.94 bits per heavy atom. The number of carbonyl (C=O) groups excluding carboxylic acids is 1. The second-order valence-electron chi connectivity index (χ2n) is 4.28. The first-order valence-electron chi connectivity index (χ1n) is 5.48. The Kier molecular flexibility index (Phi) is 3.31. The minimum atomic E-state index is -0.886. The number of carbonyl (C=O) groups is 1. The van der Waals surface area contributed by atoms with E-state index < -0.39 is 5.60 Å².